The molecule has 4 nitrogen and oxygen atoms in total. The molecule has 0 aromatic heterocycles. The highest BCUT2D eigenvalue weighted by Crippen LogP contribution is 2.52. The number of hydrogen-bond donors (Lipinski definition) is 2. The summed E-state index contributed by atoms with van der Waals surface area (Å²) in [5.41, 5.74) is 2.22. The van der Waals surface area contributed by atoms with Gasteiger partial charge >= 0.3 is 6.09 Å². The van der Waals surface area contributed by atoms with Gasteiger partial charge in [-0.25, -0.2) is 4.79 Å². The van der Waals surface area contributed by atoms with Gasteiger partial charge < -0.3 is 4.74 Å². The van der Waals surface area contributed by atoms with Crippen molar-refractivity contribution >= 4 is 6.09 Å². The highest BCUT2D eigenvalue weighted by atomic mass is 16.6. The average molecular weight is 209 g/mol. The molecule has 1 fully saturated rings. The van der Waals surface area contributed by atoms with E-state index in [-0.39, 0.29) is 0 Å². The van der Waals surface area contributed by atoms with Crippen molar-refractivity contribution in [2.75, 3.05) is 6.61 Å². The molecule has 0 bridgehead atoms. The highest BCUT2D eigenvalue weighted by Gasteiger charge is 2.49. The summed E-state index contributed by atoms with van der Waals surface area (Å²) in [5.74, 6) is 11.6. The fourth-order valence-corrected chi connectivity index (χ4v) is 2.51. The van der Waals surface area contributed by atoms with Gasteiger partial charge in [-0.1, -0.05) is 0 Å². The lowest BCUT2D eigenvalue weighted by atomic mass is 10.1. The topological polar surface area (TPSA) is 66.0 Å². The molecule has 2 aliphatic rings. The number of quaternary nitrogens is 1. The lowest BCUT2D eigenvalue weighted by Gasteiger charge is -2.00. The van der Waals surface area contributed by atoms with Crippen molar-refractivity contribution in [2.45, 2.75) is 25.7 Å². The molecule has 0 aromatic rings. The predicted molar refractivity (Wildman–Crippen MR) is 54.1 cm³/mol. The minimum atomic E-state index is -0.425. The van der Waals surface area contributed by atoms with E-state index in [4.69, 9.17) is 4.74 Å². The number of nitrogens with one attached hydrogen (secondary N) is 1. The van der Waals surface area contributed by atoms with E-state index >= 15 is 0 Å². The van der Waals surface area contributed by atoms with Gasteiger partial charge in [-0.3, -0.25) is 5.84 Å². The summed E-state index contributed by atoms with van der Waals surface area (Å²) in [4.78, 5) is 10.9. The van der Waals surface area contributed by atoms with E-state index in [9.17, 15) is 4.79 Å². The molecule has 0 aromatic carbocycles. The summed E-state index contributed by atoms with van der Waals surface area (Å²) in [6.45, 7) is 0.538. The Kier molecular flexibility index (Phi) is 3.12. The van der Waals surface area contributed by atoms with Crippen LogP contribution in [0.2, 0.25) is 0 Å². The summed E-state index contributed by atoms with van der Waals surface area (Å²) in [7, 11) is 0. The maximum Gasteiger partial charge on any atom is 0.451 e. The van der Waals surface area contributed by atoms with E-state index in [1.165, 1.54) is 0 Å². The van der Waals surface area contributed by atoms with Gasteiger partial charge in [0, 0.05) is 12.8 Å². The maximum atomic E-state index is 10.9. The smallest absolute Gasteiger partial charge is 0.446 e. The third kappa shape index (κ3) is 2.42. The highest BCUT2D eigenvalue weighted by molar-refractivity contribution is 5.65. The molecular weight excluding hydrogens is 192 g/mol. The van der Waals surface area contributed by atoms with Crippen molar-refractivity contribution in [3.05, 3.63) is 0 Å². The summed E-state index contributed by atoms with van der Waals surface area (Å²) in [5, 5.41) is 0. The Balaban J connectivity index is 1.75. The molecule has 2 rings (SSSR count). The molecule has 0 spiro atoms. The Labute approximate surface area is 89.5 Å². The zero-order valence-electron chi connectivity index (χ0n) is 8.79. The molecule has 2 atom stereocenters. The van der Waals surface area contributed by atoms with Gasteiger partial charge in [0.05, 0.1) is 6.61 Å². The normalized spacial score (nSPS) is 32.5. The summed E-state index contributed by atoms with van der Waals surface area (Å²) in [6.07, 6.45) is 3.90. The molecule has 2 aliphatic carbocycles. The molecule has 1 saturated carbocycles. The average Bonchev–Trinajstić information content (AvgIpc) is 2.85. The molecular formula is C11H17N2O2+. The van der Waals surface area contributed by atoms with Gasteiger partial charge in [0.2, 0.25) is 0 Å². The fourth-order valence-electron chi connectivity index (χ4n) is 2.51. The quantitative estimate of drug-likeness (QED) is 0.507. The number of ether oxygens (including phenoxy) is 1. The second-order valence-corrected chi connectivity index (χ2v) is 4.20. The van der Waals surface area contributed by atoms with E-state index < -0.39 is 6.09 Å². The number of rotatable bonds is 2. The van der Waals surface area contributed by atoms with Crippen molar-refractivity contribution in [2.24, 2.45) is 17.8 Å². The first-order valence-corrected chi connectivity index (χ1v) is 5.48. The van der Waals surface area contributed by atoms with Crippen LogP contribution in [0.4, 0.5) is 4.79 Å². The van der Waals surface area contributed by atoms with E-state index in [0.29, 0.717) is 12.5 Å². The molecule has 1 amide bonds. The predicted octanol–water partition coefficient (Wildman–Crippen LogP) is 0.309. The van der Waals surface area contributed by atoms with Crippen LogP contribution in [-0.2, 0) is 4.74 Å². The Bertz CT molecular complexity index is 287. The van der Waals surface area contributed by atoms with E-state index in [1.807, 2.05) is 0 Å². The third-order valence-corrected chi connectivity index (χ3v) is 3.39. The van der Waals surface area contributed by atoms with Gasteiger partial charge in [-0.2, -0.15) is 5.43 Å². The minimum Gasteiger partial charge on any atom is -0.446 e. The second kappa shape index (κ2) is 4.54. The van der Waals surface area contributed by atoms with E-state index in [0.717, 1.165) is 37.5 Å². The Morgan fingerprint density at radius 2 is 1.93 bits per heavy atom. The fraction of sp³-hybridized carbons (Fsp3) is 0.727. The first-order chi connectivity index (χ1) is 7.33. The third-order valence-electron chi connectivity index (χ3n) is 3.39. The number of carbonyl (C=O) groups is 1. The van der Waals surface area contributed by atoms with Crippen molar-refractivity contribution in [1.82, 2.24) is 5.43 Å². The first-order valence-electron chi connectivity index (χ1n) is 5.48. The van der Waals surface area contributed by atoms with Crippen LogP contribution in [0, 0.1) is 29.6 Å². The molecule has 4 heteroatoms. The Morgan fingerprint density at radius 1 is 1.33 bits per heavy atom. The standard InChI is InChI=1S/C11H16N2O2/c12-13-11(14)15-7-10-8-5-3-1-2-4-6-9(8)10/h8-10H,3-7,12H2,(H,13,14)/p+1. The van der Waals surface area contributed by atoms with Crippen LogP contribution >= 0.6 is 0 Å². The van der Waals surface area contributed by atoms with Crippen molar-refractivity contribution < 1.29 is 15.4 Å². The first kappa shape index (κ1) is 10.3. The van der Waals surface area contributed by atoms with Gasteiger partial charge in [-0.15, -0.1) is 11.8 Å². The number of amides is 1. The van der Waals surface area contributed by atoms with Crippen LogP contribution in [0.3, 0.4) is 0 Å². The SMILES string of the molecule is [NH3+]NC(=O)OCC1C2CCC#CCCC21. The van der Waals surface area contributed by atoms with Crippen molar-refractivity contribution in [3.63, 3.8) is 0 Å². The molecule has 0 heterocycles. The van der Waals surface area contributed by atoms with Crippen LogP contribution in [0.1, 0.15) is 25.7 Å². The monoisotopic (exact) mass is 209 g/mol. The van der Waals surface area contributed by atoms with Gasteiger partial charge in [0.15, 0.2) is 0 Å². The second-order valence-electron chi connectivity index (χ2n) is 4.20. The molecule has 2 unspecified atom stereocenters. The van der Waals surface area contributed by atoms with E-state index in [1.54, 1.807) is 0 Å². The van der Waals surface area contributed by atoms with Crippen molar-refractivity contribution in [1.29, 1.82) is 0 Å². The Hall–Kier alpha value is -1.21. The molecule has 0 aliphatic heterocycles. The number of carbonyl (C=O) groups excluding carboxylic acids is 1. The zero-order chi connectivity index (χ0) is 10.7. The van der Waals surface area contributed by atoms with Crippen LogP contribution in [0.5, 0.6) is 0 Å². The minimum absolute atomic E-state index is 0.425. The van der Waals surface area contributed by atoms with E-state index in [2.05, 4.69) is 23.1 Å². The largest absolute Gasteiger partial charge is 0.451 e. The summed E-state index contributed by atoms with van der Waals surface area (Å²) in [6, 6.07) is 0. The molecule has 0 radical (unpaired) electrons. The van der Waals surface area contributed by atoms with Gasteiger partial charge in [0.1, 0.15) is 0 Å². The lowest BCUT2D eigenvalue weighted by Crippen LogP contribution is -2.67. The zero-order valence-corrected chi connectivity index (χ0v) is 8.79. The van der Waals surface area contributed by atoms with Crippen molar-refractivity contribution in [3.8, 4) is 11.8 Å². The lowest BCUT2D eigenvalue weighted by molar-refractivity contribution is -0.426. The maximum absolute atomic E-state index is 10.9. The van der Waals surface area contributed by atoms with Crippen LogP contribution in [-0.4, -0.2) is 12.7 Å². The summed E-state index contributed by atoms with van der Waals surface area (Å²) < 4.78 is 5.04. The number of fused-ring (bicyclic) bond motifs is 1. The van der Waals surface area contributed by atoms with Gasteiger partial charge in [-0.05, 0) is 30.6 Å². The number of hydrogen-bond acceptors (Lipinski definition) is 2. The summed E-state index contributed by atoms with van der Waals surface area (Å²) >= 11 is 0. The Morgan fingerprint density at radius 3 is 2.47 bits per heavy atom. The van der Waals surface area contributed by atoms with Gasteiger partial charge in [0.25, 0.3) is 0 Å². The molecule has 4 N–H and O–H groups in total. The molecule has 82 valence electrons. The van der Waals surface area contributed by atoms with Crippen LogP contribution < -0.4 is 11.3 Å². The molecule has 0 saturated heterocycles. The molecule has 15 heavy (non-hydrogen) atoms. The van der Waals surface area contributed by atoms with Crippen LogP contribution in [0.25, 0.3) is 0 Å². The van der Waals surface area contributed by atoms with Crippen LogP contribution in [0.15, 0.2) is 0 Å².